The van der Waals surface area contributed by atoms with Crippen molar-refractivity contribution >= 4 is 51.8 Å². The third kappa shape index (κ3) is 6.59. The first-order valence-electron chi connectivity index (χ1n) is 17.7. The summed E-state index contributed by atoms with van der Waals surface area (Å²) in [4.78, 5) is 2.31. The van der Waals surface area contributed by atoms with E-state index < -0.39 is 0 Å². The molecule has 0 aliphatic heterocycles. The van der Waals surface area contributed by atoms with Crippen LogP contribution in [0.4, 0.5) is 17.1 Å². The van der Waals surface area contributed by atoms with Crippen molar-refractivity contribution in [2.75, 3.05) is 4.90 Å². The molecule has 0 unspecified atom stereocenters. The van der Waals surface area contributed by atoms with E-state index in [1.807, 2.05) is 7.48 Å². The van der Waals surface area contributed by atoms with Gasteiger partial charge in [0.2, 0.25) is 0 Å². The Morgan fingerprint density at radius 2 is 0.902 bits per heavy atom. The summed E-state index contributed by atoms with van der Waals surface area (Å²) in [6.45, 7) is 6.37. The summed E-state index contributed by atoms with van der Waals surface area (Å²) in [5.41, 5.74) is 12.5. The number of hydrogen-bond acceptors (Lipinski definition) is 2. The molecule has 8 rings (SSSR count). The Balaban J connectivity index is 1.10. The van der Waals surface area contributed by atoms with Crippen LogP contribution in [0.1, 0.15) is 27.2 Å². The van der Waals surface area contributed by atoms with Gasteiger partial charge in [-0.05, 0) is 103 Å². The maximum Gasteiger partial charge on any atom is 0.330 e. The zero-order valence-corrected chi connectivity index (χ0v) is 29.3. The fourth-order valence-electron chi connectivity index (χ4n) is 6.70. The SMILES string of the molecule is CCC(C)(C)O[B]c1ccc(N(c2ccc(-c3ccccc3)cc2)c2ccc(-c3ccc(-n4c5ccccc5c5ccccc54)cc3)cc2)cc1. The van der Waals surface area contributed by atoms with Crippen LogP contribution in [-0.4, -0.2) is 17.7 Å². The zero-order chi connectivity index (χ0) is 34.8. The van der Waals surface area contributed by atoms with E-state index >= 15 is 0 Å². The first-order chi connectivity index (χ1) is 25.0. The number of aromatic nitrogens is 1. The highest BCUT2D eigenvalue weighted by Crippen LogP contribution is 2.37. The maximum atomic E-state index is 6.07. The zero-order valence-electron chi connectivity index (χ0n) is 29.3. The summed E-state index contributed by atoms with van der Waals surface area (Å²) >= 11 is 0. The molecular weight excluding hydrogens is 619 g/mol. The normalized spacial score (nSPS) is 11.6. The van der Waals surface area contributed by atoms with Gasteiger partial charge in [-0.25, -0.2) is 0 Å². The quantitative estimate of drug-likeness (QED) is 0.136. The van der Waals surface area contributed by atoms with Gasteiger partial charge in [-0.1, -0.05) is 128 Å². The van der Waals surface area contributed by atoms with E-state index in [1.165, 1.54) is 44.1 Å². The smallest absolute Gasteiger partial charge is 0.330 e. The van der Waals surface area contributed by atoms with Crippen LogP contribution in [-0.2, 0) is 4.65 Å². The first-order valence-corrected chi connectivity index (χ1v) is 17.7. The largest absolute Gasteiger partial charge is 0.430 e. The Bertz CT molecular complexity index is 2340. The molecule has 0 aliphatic carbocycles. The molecule has 0 atom stereocenters. The van der Waals surface area contributed by atoms with Crippen molar-refractivity contribution in [2.45, 2.75) is 32.8 Å². The van der Waals surface area contributed by atoms with E-state index in [0.717, 1.165) is 34.6 Å². The second-order valence-corrected chi connectivity index (χ2v) is 13.7. The topological polar surface area (TPSA) is 17.4 Å². The summed E-state index contributed by atoms with van der Waals surface area (Å²) in [6, 6.07) is 63.0. The fraction of sp³-hybridized carbons (Fsp3) is 0.106. The van der Waals surface area contributed by atoms with E-state index in [4.69, 9.17) is 4.65 Å². The Morgan fingerprint density at radius 3 is 1.39 bits per heavy atom. The van der Waals surface area contributed by atoms with Gasteiger partial charge in [0.25, 0.3) is 0 Å². The molecule has 0 fully saturated rings. The molecule has 1 heterocycles. The molecule has 0 spiro atoms. The lowest BCUT2D eigenvalue weighted by Gasteiger charge is -2.26. The molecule has 1 aromatic heterocycles. The summed E-state index contributed by atoms with van der Waals surface area (Å²) in [6.07, 6.45) is 0.940. The fourth-order valence-corrected chi connectivity index (χ4v) is 6.70. The Labute approximate surface area is 301 Å². The van der Waals surface area contributed by atoms with Crippen LogP contribution in [0, 0.1) is 0 Å². The lowest BCUT2D eigenvalue weighted by Crippen LogP contribution is -2.30. The van der Waals surface area contributed by atoms with Crippen LogP contribution >= 0.6 is 0 Å². The number of hydrogen-bond donors (Lipinski definition) is 0. The molecule has 0 aliphatic rings. The summed E-state index contributed by atoms with van der Waals surface area (Å²) in [5.74, 6) is 0. The van der Waals surface area contributed by atoms with Gasteiger partial charge in [0.15, 0.2) is 0 Å². The van der Waals surface area contributed by atoms with Crippen LogP contribution < -0.4 is 10.4 Å². The first kappa shape index (κ1) is 32.4. The van der Waals surface area contributed by atoms with Gasteiger partial charge in [-0.3, -0.25) is 0 Å². The van der Waals surface area contributed by atoms with E-state index in [1.54, 1.807) is 0 Å². The minimum absolute atomic E-state index is 0.196. The van der Waals surface area contributed by atoms with Gasteiger partial charge in [-0.2, -0.15) is 0 Å². The van der Waals surface area contributed by atoms with Gasteiger partial charge >= 0.3 is 7.48 Å². The summed E-state index contributed by atoms with van der Waals surface area (Å²) < 4.78 is 8.43. The molecule has 7 aromatic carbocycles. The van der Waals surface area contributed by atoms with Crippen molar-refractivity contribution in [3.63, 3.8) is 0 Å². The third-order valence-electron chi connectivity index (χ3n) is 9.91. The van der Waals surface area contributed by atoms with Crippen LogP contribution in [0.15, 0.2) is 176 Å². The number of nitrogens with zero attached hydrogens (tertiary/aromatic N) is 2. The second-order valence-electron chi connectivity index (χ2n) is 13.7. The average molecular weight is 660 g/mol. The second kappa shape index (κ2) is 13.8. The lowest BCUT2D eigenvalue weighted by molar-refractivity contribution is 0.114. The van der Waals surface area contributed by atoms with Crippen molar-refractivity contribution in [1.82, 2.24) is 4.57 Å². The van der Waals surface area contributed by atoms with Gasteiger partial charge in [0.1, 0.15) is 0 Å². The van der Waals surface area contributed by atoms with E-state index in [0.29, 0.717) is 0 Å². The molecule has 247 valence electrons. The van der Waals surface area contributed by atoms with Crippen LogP contribution in [0.3, 0.4) is 0 Å². The van der Waals surface area contributed by atoms with Gasteiger partial charge in [0, 0.05) is 39.1 Å². The highest BCUT2D eigenvalue weighted by molar-refractivity contribution is 6.47. The van der Waals surface area contributed by atoms with Crippen molar-refractivity contribution in [1.29, 1.82) is 0 Å². The molecule has 4 heteroatoms. The summed E-state index contributed by atoms with van der Waals surface area (Å²) in [5, 5.41) is 2.54. The molecule has 0 bridgehead atoms. The number of benzene rings is 7. The van der Waals surface area contributed by atoms with Gasteiger partial charge in [-0.15, -0.1) is 0 Å². The van der Waals surface area contributed by atoms with E-state index in [-0.39, 0.29) is 5.60 Å². The van der Waals surface area contributed by atoms with Gasteiger partial charge in [0.05, 0.1) is 11.0 Å². The average Bonchev–Trinajstić information content (AvgIpc) is 3.53. The van der Waals surface area contributed by atoms with E-state index in [2.05, 4.69) is 206 Å². The molecular formula is C47H40BN2O. The summed E-state index contributed by atoms with van der Waals surface area (Å²) in [7, 11) is 1.87. The predicted octanol–water partition coefficient (Wildman–Crippen LogP) is 12.0. The Hall–Kier alpha value is -5.84. The van der Waals surface area contributed by atoms with Crippen molar-refractivity contribution in [2.24, 2.45) is 0 Å². The van der Waals surface area contributed by atoms with Gasteiger partial charge < -0.3 is 14.1 Å². The molecule has 0 saturated carbocycles. The van der Waals surface area contributed by atoms with Crippen molar-refractivity contribution < 1.29 is 4.65 Å². The Morgan fingerprint density at radius 1 is 0.490 bits per heavy atom. The lowest BCUT2D eigenvalue weighted by atomic mass is 9.86. The highest BCUT2D eigenvalue weighted by Gasteiger charge is 2.18. The van der Waals surface area contributed by atoms with Crippen LogP contribution in [0.2, 0.25) is 0 Å². The number of fused-ring (bicyclic) bond motifs is 3. The van der Waals surface area contributed by atoms with E-state index in [9.17, 15) is 0 Å². The molecule has 3 nitrogen and oxygen atoms in total. The van der Waals surface area contributed by atoms with Crippen molar-refractivity contribution in [3.8, 4) is 27.9 Å². The maximum absolute atomic E-state index is 6.07. The molecule has 1 radical (unpaired) electrons. The molecule has 8 aromatic rings. The highest BCUT2D eigenvalue weighted by atomic mass is 16.5. The standard InChI is InChI=1S/C47H40BN2O/c1-4-47(2,3)51-48-38-24-32-41(33-25-38)49(39-26-18-35(19-27-39)34-12-6-5-7-13-34)40-28-20-36(21-29-40)37-22-30-42(31-23-37)50-45-16-10-8-14-43(45)44-15-9-11-17-46(44)50/h5-33H,4H2,1-3H3. The molecule has 0 saturated heterocycles. The third-order valence-corrected chi connectivity index (χ3v) is 9.91. The minimum atomic E-state index is -0.196. The predicted molar refractivity (Wildman–Crippen MR) is 217 cm³/mol. The number of rotatable bonds is 10. The monoisotopic (exact) mass is 659 g/mol. The molecule has 51 heavy (non-hydrogen) atoms. The minimum Gasteiger partial charge on any atom is -0.430 e. The number of para-hydroxylation sites is 2. The molecule has 0 N–H and O–H groups in total. The molecule has 0 amide bonds. The van der Waals surface area contributed by atoms with Crippen molar-refractivity contribution in [3.05, 3.63) is 176 Å². The van der Waals surface area contributed by atoms with Crippen LogP contribution in [0.5, 0.6) is 0 Å². The van der Waals surface area contributed by atoms with Crippen LogP contribution in [0.25, 0.3) is 49.7 Å². The number of anilines is 3. The Kier molecular flexibility index (Phi) is 8.77.